The maximum absolute atomic E-state index is 11.8. The van der Waals surface area contributed by atoms with Crippen molar-refractivity contribution in [2.45, 2.75) is 31.9 Å². The molecule has 1 aliphatic heterocycles. The molecule has 1 aromatic rings. The van der Waals surface area contributed by atoms with Crippen LogP contribution in [0.4, 0.5) is 9.59 Å². The number of benzene rings is 1. The Balaban J connectivity index is 1.73. The van der Waals surface area contributed by atoms with Crippen LogP contribution in [-0.4, -0.2) is 43.1 Å². The number of hydrogen-bond acceptors (Lipinski definition) is 4. The average Bonchev–Trinajstić information content (AvgIpc) is 2.59. The van der Waals surface area contributed by atoms with Crippen molar-refractivity contribution in [1.82, 2.24) is 10.6 Å². The number of rotatable bonds is 7. The van der Waals surface area contributed by atoms with E-state index < -0.39 is 12.2 Å². The fourth-order valence-electron chi connectivity index (χ4n) is 2.74. The van der Waals surface area contributed by atoms with Gasteiger partial charge in [-0.1, -0.05) is 30.3 Å². The molecule has 0 radical (unpaired) electrons. The van der Waals surface area contributed by atoms with Crippen LogP contribution >= 0.6 is 0 Å². The molecule has 0 spiro atoms. The van der Waals surface area contributed by atoms with E-state index in [1.807, 2.05) is 30.3 Å². The summed E-state index contributed by atoms with van der Waals surface area (Å²) < 4.78 is 10.5. The van der Waals surface area contributed by atoms with Crippen molar-refractivity contribution in [3.05, 3.63) is 35.9 Å². The first kappa shape index (κ1) is 18.1. The number of ether oxygens (including phenoxy) is 2. The Bertz CT molecular complexity index is 517. The van der Waals surface area contributed by atoms with Gasteiger partial charge in [0.1, 0.15) is 6.61 Å². The van der Waals surface area contributed by atoms with Gasteiger partial charge in [0.15, 0.2) is 0 Å². The van der Waals surface area contributed by atoms with Gasteiger partial charge in [0, 0.05) is 25.8 Å². The third-order valence-electron chi connectivity index (χ3n) is 3.91. The van der Waals surface area contributed by atoms with E-state index in [0.29, 0.717) is 18.9 Å². The number of carbonyl (C=O) groups is 2. The molecule has 0 bridgehead atoms. The molecule has 3 N–H and O–H groups in total. The standard InChI is InChI=1S/C17H24N2O5/c20-16(21)19-15(9-14-7-4-8-23-11-14)10-18-17(22)24-12-13-5-2-1-3-6-13/h1-3,5-6,14-15,19H,4,7-12H2,(H,18,22)(H,20,21)/t14-,15+/m0/s1. The van der Waals surface area contributed by atoms with Gasteiger partial charge in [-0.05, 0) is 30.7 Å². The third-order valence-corrected chi connectivity index (χ3v) is 3.91. The molecule has 24 heavy (non-hydrogen) atoms. The zero-order chi connectivity index (χ0) is 17.2. The molecule has 2 rings (SSSR count). The van der Waals surface area contributed by atoms with E-state index in [4.69, 9.17) is 14.6 Å². The minimum atomic E-state index is -1.10. The molecule has 132 valence electrons. The van der Waals surface area contributed by atoms with Crippen LogP contribution in [0.15, 0.2) is 30.3 Å². The first-order valence-electron chi connectivity index (χ1n) is 8.15. The second kappa shape index (κ2) is 9.77. The largest absolute Gasteiger partial charge is 0.465 e. The molecule has 7 heteroatoms. The molecule has 0 aliphatic carbocycles. The Labute approximate surface area is 141 Å². The topological polar surface area (TPSA) is 96.9 Å². The van der Waals surface area contributed by atoms with Gasteiger partial charge in [-0.3, -0.25) is 0 Å². The van der Waals surface area contributed by atoms with E-state index in [1.165, 1.54) is 0 Å². The van der Waals surface area contributed by atoms with Gasteiger partial charge >= 0.3 is 12.2 Å². The van der Waals surface area contributed by atoms with Crippen LogP contribution in [0.25, 0.3) is 0 Å². The summed E-state index contributed by atoms with van der Waals surface area (Å²) in [6, 6.07) is 9.00. The highest BCUT2D eigenvalue weighted by molar-refractivity contribution is 5.68. The number of hydrogen-bond donors (Lipinski definition) is 3. The van der Waals surface area contributed by atoms with Crippen molar-refractivity contribution in [1.29, 1.82) is 0 Å². The van der Waals surface area contributed by atoms with E-state index in [0.717, 1.165) is 25.0 Å². The van der Waals surface area contributed by atoms with Crippen molar-refractivity contribution < 1.29 is 24.2 Å². The van der Waals surface area contributed by atoms with Gasteiger partial charge < -0.3 is 25.2 Å². The lowest BCUT2D eigenvalue weighted by atomic mass is 9.94. The summed E-state index contributed by atoms with van der Waals surface area (Å²) in [5.41, 5.74) is 0.896. The van der Waals surface area contributed by atoms with Crippen molar-refractivity contribution in [2.24, 2.45) is 5.92 Å². The maximum atomic E-state index is 11.8. The Kier molecular flexibility index (Phi) is 7.35. The summed E-state index contributed by atoms with van der Waals surface area (Å²) in [5, 5.41) is 14.0. The Morgan fingerprint density at radius 1 is 1.33 bits per heavy atom. The Hall–Kier alpha value is -2.28. The molecule has 0 aromatic heterocycles. The SMILES string of the molecule is O=C(O)N[C@@H](CNC(=O)OCc1ccccc1)C[C@@H]1CCCOC1. The van der Waals surface area contributed by atoms with Gasteiger partial charge in [0.05, 0.1) is 0 Å². The summed E-state index contributed by atoms with van der Waals surface area (Å²) >= 11 is 0. The van der Waals surface area contributed by atoms with Crippen LogP contribution < -0.4 is 10.6 Å². The van der Waals surface area contributed by atoms with Crippen molar-refractivity contribution in [3.63, 3.8) is 0 Å². The summed E-state index contributed by atoms with van der Waals surface area (Å²) in [5.74, 6) is 0.303. The summed E-state index contributed by atoms with van der Waals surface area (Å²) in [4.78, 5) is 22.7. The number of carboxylic acid groups (broad SMARTS) is 1. The minimum absolute atomic E-state index is 0.181. The second-order valence-corrected chi connectivity index (χ2v) is 5.91. The zero-order valence-corrected chi connectivity index (χ0v) is 13.6. The van der Waals surface area contributed by atoms with E-state index >= 15 is 0 Å². The molecular weight excluding hydrogens is 312 g/mol. The lowest BCUT2D eigenvalue weighted by Crippen LogP contribution is -2.45. The monoisotopic (exact) mass is 336 g/mol. The van der Waals surface area contributed by atoms with E-state index in [-0.39, 0.29) is 19.2 Å². The molecule has 7 nitrogen and oxygen atoms in total. The second-order valence-electron chi connectivity index (χ2n) is 5.91. The molecule has 1 aromatic carbocycles. The molecular formula is C17H24N2O5. The number of carbonyl (C=O) groups excluding carboxylic acids is 1. The van der Waals surface area contributed by atoms with Crippen LogP contribution in [0, 0.1) is 5.92 Å². The molecule has 1 aliphatic rings. The maximum Gasteiger partial charge on any atom is 0.407 e. The fourth-order valence-corrected chi connectivity index (χ4v) is 2.74. The van der Waals surface area contributed by atoms with Gasteiger partial charge in [0.2, 0.25) is 0 Å². The van der Waals surface area contributed by atoms with Gasteiger partial charge in [-0.2, -0.15) is 0 Å². The minimum Gasteiger partial charge on any atom is -0.465 e. The first-order chi connectivity index (χ1) is 11.6. The lowest BCUT2D eigenvalue weighted by molar-refractivity contribution is 0.0474. The van der Waals surface area contributed by atoms with Crippen LogP contribution in [0.3, 0.4) is 0 Å². The van der Waals surface area contributed by atoms with Crippen molar-refractivity contribution >= 4 is 12.2 Å². The van der Waals surface area contributed by atoms with Crippen LogP contribution in [0.1, 0.15) is 24.8 Å². The van der Waals surface area contributed by atoms with Crippen LogP contribution in [-0.2, 0) is 16.1 Å². The summed E-state index contributed by atoms with van der Waals surface area (Å²) in [6.07, 6.45) is 0.963. The first-order valence-corrected chi connectivity index (χ1v) is 8.15. The molecule has 1 heterocycles. The fraction of sp³-hybridized carbons (Fsp3) is 0.529. The third kappa shape index (κ3) is 6.87. The number of alkyl carbamates (subject to hydrolysis) is 1. The Morgan fingerprint density at radius 2 is 2.12 bits per heavy atom. The van der Waals surface area contributed by atoms with E-state index in [1.54, 1.807) is 0 Å². The molecule has 0 saturated carbocycles. The van der Waals surface area contributed by atoms with Crippen LogP contribution in [0.5, 0.6) is 0 Å². The van der Waals surface area contributed by atoms with Gasteiger partial charge in [-0.15, -0.1) is 0 Å². The molecule has 1 fully saturated rings. The lowest BCUT2D eigenvalue weighted by Gasteiger charge is -2.26. The smallest absolute Gasteiger partial charge is 0.407 e. The predicted octanol–water partition coefficient (Wildman–Crippen LogP) is 2.37. The van der Waals surface area contributed by atoms with Crippen molar-refractivity contribution in [3.8, 4) is 0 Å². The van der Waals surface area contributed by atoms with Crippen LogP contribution in [0.2, 0.25) is 0 Å². The molecule has 0 unspecified atom stereocenters. The summed E-state index contributed by atoms with van der Waals surface area (Å²) in [7, 11) is 0. The molecule has 2 atom stereocenters. The highest BCUT2D eigenvalue weighted by atomic mass is 16.5. The van der Waals surface area contributed by atoms with Gasteiger partial charge in [-0.25, -0.2) is 9.59 Å². The highest BCUT2D eigenvalue weighted by Gasteiger charge is 2.21. The highest BCUT2D eigenvalue weighted by Crippen LogP contribution is 2.18. The zero-order valence-electron chi connectivity index (χ0n) is 13.6. The number of amides is 2. The molecule has 1 saturated heterocycles. The van der Waals surface area contributed by atoms with E-state index in [9.17, 15) is 9.59 Å². The van der Waals surface area contributed by atoms with Crippen molar-refractivity contribution in [2.75, 3.05) is 19.8 Å². The average molecular weight is 336 g/mol. The quantitative estimate of drug-likeness (QED) is 0.710. The van der Waals surface area contributed by atoms with E-state index in [2.05, 4.69) is 10.6 Å². The normalized spacial score (nSPS) is 18.4. The Morgan fingerprint density at radius 3 is 2.79 bits per heavy atom. The van der Waals surface area contributed by atoms with Gasteiger partial charge in [0.25, 0.3) is 0 Å². The number of nitrogens with one attached hydrogen (secondary N) is 2. The predicted molar refractivity (Wildman–Crippen MR) is 87.7 cm³/mol. The molecule has 2 amide bonds. The summed E-state index contributed by atoms with van der Waals surface area (Å²) in [6.45, 7) is 1.77.